The van der Waals surface area contributed by atoms with E-state index in [-0.39, 0.29) is 11.7 Å². The minimum atomic E-state index is -0.374. The highest BCUT2D eigenvalue weighted by atomic mass is 32.1. The molecule has 1 N–H and O–H groups in total. The van der Waals surface area contributed by atoms with Gasteiger partial charge in [0.1, 0.15) is 22.4 Å². The molecule has 2 aromatic carbocycles. The first-order valence-electron chi connectivity index (χ1n) is 9.07. The molecule has 1 fully saturated rings. The molecule has 0 unspecified atom stereocenters. The van der Waals surface area contributed by atoms with Crippen molar-refractivity contribution in [3.05, 3.63) is 59.0 Å². The van der Waals surface area contributed by atoms with Gasteiger partial charge in [-0.25, -0.2) is 9.78 Å². The van der Waals surface area contributed by atoms with Crippen LogP contribution < -0.4 is 15.7 Å². The highest BCUT2D eigenvalue weighted by Crippen LogP contribution is 2.30. The van der Waals surface area contributed by atoms with Gasteiger partial charge in [0, 0.05) is 11.5 Å². The number of fused-ring (bicyclic) bond motifs is 2. The van der Waals surface area contributed by atoms with E-state index in [4.69, 9.17) is 9.15 Å². The molecule has 5 nitrogen and oxygen atoms in total. The first kappa shape index (κ1) is 16.5. The quantitative estimate of drug-likeness (QED) is 0.541. The lowest BCUT2D eigenvalue weighted by Gasteiger charge is -2.23. The van der Waals surface area contributed by atoms with Crippen LogP contribution in [0.5, 0.6) is 5.75 Å². The second kappa shape index (κ2) is 6.79. The SMILES string of the molecule is O=c1oc2cc(OC3CCNCC3)ccc2cc1-c1nc2ccccc2s1. The number of ether oxygens (including phenoxy) is 1. The fourth-order valence-electron chi connectivity index (χ4n) is 3.41. The van der Waals surface area contributed by atoms with Crippen LogP contribution in [0.3, 0.4) is 0 Å². The highest BCUT2D eigenvalue weighted by molar-refractivity contribution is 7.21. The van der Waals surface area contributed by atoms with Gasteiger partial charge in [0.15, 0.2) is 0 Å². The zero-order valence-corrected chi connectivity index (χ0v) is 15.4. The topological polar surface area (TPSA) is 64.4 Å². The number of hydrogen-bond acceptors (Lipinski definition) is 6. The van der Waals surface area contributed by atoms with Crippen LogP contribution >= 0.6 is 11.3 Å². The van der Waals surface area contributed by atoms with Gasteiger partial charge in [-0.2, -0.15) is 0 Å². The van der Waals surface area contributed by atoms with Crippen molar-refractivity contribution in [2.24, 2.45) is 0 Å². The number of aromatic nitrogens is 1. The summed E-state index contributed by atoms with van der Waals surface area (Å²) in [6.07, 6.45) is 2.18. The minimum absolute atomic E-state index is 0.206. The van der Waals surface area contributed by atoms with Crippen LogP contribution in [-0.4, -0.2) is 24.2 Å². The maximum atomic E-state index is 12.6. The summed E-state index contributed by atoms with van der Waals surface area (Å²) in [5.74, 6) is 0.741. The van der Waals surface area contributed by atoms with Crippen LogP contribution in [0.25, 0.3) is 31.8 Å². The fourth-order valence-corrected chi connectivity index (χ4v) is 4.38. The summed E-state index contributed by atoms with van der Waals surface area (Å²) in [6, 6.07) is 15.4. The van der Waals surface area contributed by atoms with Crippen molar-refractivity contribution >= 4 is 32.5 Å². The van der Waals surface area contributed by atoms with Gasteiger partial charge in [-0.05, 0) is 56.3 Å². The maximum Gasteiger partial charge on any atom is 0.346 e. The maximum absolute atomic E-state index is 12.6. The molecular formula is C21H18N2O3S. The average Bonchev–Trinajstić information content (AvgIpc) is 3.12. The van der Waals surface area contributed by atoms with E-state index in [1.54, 1.807) is 6.07 Å². The molecular weight excluding hydrogens is 360 g/mol. The van der Waals surface area contributed by atoms with Gasteiger partial charge in [-0.1, -0.05) is 12.1 Å². The summed E-state index contributed by atoms with van der Waals surface area (Å²) in [6.45, 7) is 1.94. The van der Waals surface area contributed by atoms with Crippen LogP contribution in [0, 0.1) is 0 Å². The van der Waals surface area contributed by atoms with E-state index in [0.29, 0.717) is 16.2 Å². The molecule has 0 aliphatic carbocycles. The Morgan fingerprint density at radius 3 is 2.81 bits per heavy atom. The number of piperidine rings is 1. The van der Waals surface area contributed by atoms with Crippen molar-refractivity contribution in [2.75, 3.05) is 13.1 Å². The van der Waals surface area contributed by atoms with E-state index >= 15 is 0 Å². The Morgan fingerprint density at radius 1 is 1.11 bits per heavy atom. The van der Waals surface area contributed by atoms with Crippen LogP contribution in [0.2, 0.25) is 0 Å². The lowest BCUT2D eigenvalue weighted by atomic mass is 10.1. The highest BCUT2D eigenvalue weighted by Gasteiger charge is 2.16. The predicted molar refractivity (Wildman–Crippen MR) is 108 cm³/mol. The van der Waals surface area contributed by atoms with Crippen molar-refractivity contribution in [3.8, 4) is 16.3 Å². The average molecular weight is 378 g/mol. The molecule has 0 bridgehead atoms. The molecule has 0 amide bonds. The normalized spacial score (nSPS) is 15.4. The van der Waals surface area contributed by atoms with Crippen LogP contribution in [0.1, 0.15) is 12.8 Å². The molecule has 0 saturated carbocycles. The molecule has 5 rings (SSSR count). The monoisotopic (exact) mass is 378 g/mol. The van der Waals surface area contributed by atoms with Gasteiger partial charge in [0.2, 0.25) is 0 Å². The number of rotatable bonds is 3. The van der Waals surface area contributed by atoms with Crippen molar-refractivity contribution in [3.63, 3.8) is 0 Å². The summed E-state index contributed by atoms with van der Waals surface area (Å²) in [7, 11) is 0. The molecule has 1 aliphatic heterocycles. The van der Waals surface area contributed by atoms with E-state index < -0.39 is 0 Å². The summed E-state index contributed by atoms with van der Waals surface area (Å²) >= 11 is 1.50. The number of nitrogens with zero attached hydrogens (tertiary/aromatic N) is 1. The van der Waals surface area contributed by atoms with Crippen molar-refractivity contribution in [1.29, 1.82) is 0 Å². The third-order valence-corrected chi connectivity index (χ3v) is 5.89. The van der Waals surface area contributed by atoms with Gasteiger partial charge in [0.25, 0.3) is 0 Å². The molecule has 2 aromatic heterocycles. The zero-order valence-electron chi connectivity index (χ0n) is 14.6. The van der Waals surface area contributed by atoms with Gasteiger partial charge >= 0.3 is 5.63 Å². The first-order chi connectivity index (χ1) is 13.3. The van der Waals surface area contributed by atoms with Gasteiger partial charge < -0.3 is 14.5 Å². The Kier molecular flexibility index (Phi) is 4.14. The van der Waals surface area contributed by atoms with E-state index in [1.807, 2.05) is 42.5 Å². The van der Waals surface area contributed by atoms with E-state index in [0.717, 1.165) is 47.3 Å². The molecule has 3 heterocycles. The van der Waals surface area contributed by atoms with E-state index in [1.165, 1.54) is 11.3 Å². The Hall–Kier alpha value is -2.70. The van der Waals surface area contributed by atoms with Crippen molar-refractivity contribution in [2.45, 2.75) is 18.9 Å². The smallest absolute Gasteiger partial charge is 0.346 e. The van der Waals surface area contributed by atoms with Gasteiger partial charge in [-0.3, -0.25) is 0 Å². The van der Waals surface area contributed by atoms with Gasteiger partial charge in [0.05, 0.1) is 15.8 Å². The largest absolute Gasteiger partial charge is 0.490 e. The van der Waals surface area contributed by atoms with Gasteiger partial charge in [-0.15, -0.1) is 11.3 Å². The molecule has 136 valence electrons. The van der Waals surface area contributed by atoms with Crippen molar-refractivity contribution < 1.29 is 9.15 Å². The van der Waals surface area contributed by atoms with E-state index in [9.17, 15) is 4.79 Å². The lowest BCUT2D eigenvalue weighted by molar-refractivity contribution is 0.162. The number of benzene rings is 2. The first-order valence-corrected chi connectivity index (χ1v) is 9.89. The second-order valence-corrected chi connectivity index (χ2v) is 7.73. The lowest BCUT2D eigenvalue weighted by Crippen LogP contribution is -2.34. The molecule has 0 radical (unpaired) electrons. The second-order valence-electron chi connectivity index (χ2n) is 6.70. The number of thiazole rings is 1. The fraction of sp³-hybridized carbons (Fsp3) is 0.238. The Labute approximate surface area is 159 Å². The number of para-hydroxylation sites is 1. The molecule has 0 spiro atoms. The summed E-state index contributed by atoms with van der Waals surface area (Å²) in [5.41, 5.74) is 1.55. The van der Waals surface area contributed by atoms with Crippen LogP contribution in [0.15, 0.2) is 57.7 Å². The van der Waals surface area contributed by atoms with Crippen LogP contribution in [-0.2, 0) is 0 Å². The number of nitrogens with one attached hydrogen (secondary N) is 1. The zero-order chi connectivity index (χ0) is 18.2. The number of hydrogen-bond donors (Lipinski definition) is 1. The molecule has 27 heavy (non-hydrogen) atoms. The minimum Gasteiger partial charge on any atom is -0.490 e. The third kappa shape index (κ3) is 3.22. The standard InChI is InChI=1S/C21H18N2O3S/c24-21-16(20-23-17-3-1-2-4-19(17)27-20)11-13-5-6-15(12-18(13)26-21)25-14-7-9-22-10-8-14/h1-6,11-12,14,22H,7-10H2. The molecule has 4 aromatic rings. The van der Waals surface area contributed by atoms with Crippen LogP contribution in [0.4, 0.5) is 0 Å². The molecule has 0 atom stereocenters. The molecule has 1 saturated heterocycles. The predicted octanol–water partition coefficient (Wildman–Crippen LogP) is 4.20. The summed E-state index contributed by atoms with van der Waals surface area (Å²) in [5, 5.41) is 4.87. The third-order valence-electron chi connectivity index (χ3n) is 4.82. The van der Waals surface area contributed by atoms with E-state index in [2.05, 4.69) is 10.3 Å². The Bertz CT molecular complexity index is 1140. The molecule has 6 heteroatoms. The Balaban J connectivity index is 1.51. The Morgan fingerprint density at radius 2 is 1.96 bits per heavy atom. The summed E-state index contributed by atoms with van der Waals surface area (Å²) < 4.78 is 12.7. The van der Waals surface area contributed by atoms with Crippen molar-refractivity contribution in [1.82, 2.24) is 10.3 Å². The molecule has 1 aliphatic rings. The summed E-state index contributed by atoms with van der Waals surface area (Å²) in [4.78, 5) is 17.1.